The summed E-state index contributed by atoms with van der Waals surface area (Å²) in [5.74, 6) is -0.482. The summed E-state index contributed by atoms with van der Waals surface area (Å²) >= 11 is 1.50. The maximum atomic E-state index is 13.1. The SMILES string of the molecule is O=C(Nc1ccc(Sc2ccc(F)cc2)cc1)N[C@H](Cc1ccccc1)C(=O)NCCCN1CCOCC1. The number of benzene rings is 3. The van der Waals surface area contributed by atoms with E-state index >= 15 is 0 Å². The number of nitrogens with one attached hydrogen (secondary N) is 3. The Morgan fingerprint density at radius 2 is 1.58 bits per heavy atom. The second-order valence-corrected chi connectivity index (χ2v) is 10.2. The van der Waals surface area contributed by atoms with Crippen LogP contribution in [0.4, 0.5) is 14.9 Å². The number of urea groups is 1. The van der Waals surface area contributed by atoms with E-state index < -0.39 is 12.1 Å². The molecule has 0 saturated carbocycles. The molecule has 200 valence electrons. The van der Waals surface area contributed by atoms with Crippen LogP contribution >= 0.6 is 11.8 Å². The highest BCUT2D eigenvalue weighted by Crippen LogP contribution is 2.28. The molecule has 3 N–H and O–H groups in total. The summed E-state index contributed by atoms with van der Waals surface area (Å²) in [6.07, 6.45) is 1.22. The molecule has 1 fully saturated rings. The van der Waals surface area contributed by atoms with Gasteiger partial charge in [0.25, 0.3) is 0 Å². The molecule has 3 amide bonds. The van der Waals surface area contributed by atoms with E-state index in [1.54, 1.807) is 24.3 Å². The van der Waals surface area contributed by atoms with E-state index in [1.807, 2.05) is 42.5 Å². The molecule has 3 aromatic carbocycles. The van der Waals surface area contributed by atoms with Gasteiger partial charge < -0.3 is 20.7 Å². The van der Waals surface area contributed by atoms with Crippen molar-refractivity contribution in [1.29, 1.82) is 0 Å². The average Bonchev–Trinajstić information content (AvgIpc) is 2.94. The molecule has 9 heteroatoms. The molecule has 0 bridgehead atoms. The van der Waals surface area contributed by atoms with E-state index in [2.05, 4.69) is 20.9 Å². The molecule has 0 aromatic heterocycles. The Balaban J connectivity index is 1.29. The minimum Gasteiger partial charge on any atom is -0.379 e. The molecule has 0 radical (unpaired) electrons. The van der Waals surface area contributed by atoms with Crippen molar-refractivity contribution < 1.29 is 18.7 Å². The van der Waals surface area contributed by atoms with Crippen LogP contribution in [0.25, 0.3) is 0 Å². The lowest BCUT2D eigenvalue weighted by Gasteiger charge is -2.26. The summed E-state index contributed by atoms with van der Waals surface area (Å²) in [7, 11) is 0. The molecule has 0 aliphatic carbocycles. The van der Waals surface area contributed by atoms with Crippen LogP contribution in [0.2, 0.25) is 0 Å². The van der Waals surface area contributed by atoms with Gasteiger partial charge in [0.05, 0.1) is 13.2 Å². The molecule has 0 unspecified atom stereocenters. The van der Waals surface area contributed by atoms with E-state index in [0.717, 1.165) is 54.6 Å². The van der Waals surface area contributed by atoms with Crippen molar-refractivity contribution in [3.63, 3.8) is 0 Å². The maximum absolute atomic E-state index is 13.1. The Kier molecular flexibility index (Phi) is 10.6. The quantitative estimate of drug-likeness (QED) is 0.313. The number of amides is 3. The van der Waals surface area contributed by atoms with Crippen molar-refractivity contribution in [2.75, 3.05) is 44.7 Å². The van der Waals surface area contributed by atoms with Crippen LogP contribution < -0.4 is 16.0 Å². The van der Waals surface area contributed by atoms with Crippen molar-refractivity contribution in [2.45, 2.75) is 28.7 Å². The second-order valence-electron chi connectivity index (χ2n) is 9.02. The van der Waals surface area contributed by atoms with Gasteiger partial charge in [-0.2, -0.15) is 0 Å². The van der Waals surface area contributed by atoms with Gasteiger partial charge in [-0.1, -0.05) is 42.1 Å². The number of nitrogens with zero attached hydrogens (tertiary/aromatic N) is 1. The number of hydrogen-bond acceptors (Lipinski definition) is 5. The van der Waals surface area contributed by atoms with Gasteiger partial charge in [0.15, 0.2) is 0 Å². The fraction of sp³-hybridized carbons (Fsp3) is 0.310. The van der Waals surface area contributed by atoms with Crippen LogP contribution in [0.3, 0.4) is 0 Å². The molecule has 1 atom stereocenters. The molecule has 1 heterocycles. The summed E-state index contributed by atoms with van der Waals surface area (Å²) in [6.45, 7) is 4.77. The van der Waals surface area contributed by atoms with Gasteiger partial charge >= 0.3 is 6.03 Å². The number of carbonyl (C=O) groups is 2. The molecule has 1 aliphatic rings. The van der Waals surface area contributed by atoms with Gasteiger partial charge in [0.1, 0.15) is 11.9 Å². The third kappa shape index (κ3) is 9.16. The lowest BCUT2D eigenvalue weighted by Crippen LogP contribution is -2.49. The van der Waals surface area contributed by atoms with E-state index in [1.165, 1.54) is 23.9 Å². The molecule has 0 spiro atoms. The first-order chi connectivity index (χ1) is 18.5. The third-order valence-corrected chi connectivity index (χ3v) is 7.14. The number of morpholine rings is 1. The van der Waals surface area contributed by atoms with E-state index in [9.17, 15) is 14.0 Å². The number of hydrogen-bond donors (Lipinski definition) is 3. The third-order valence-electron chi connectivity index (χ3n) is 6.12. The smallest absolute Gasteiger partial charge is 0.319 e. The number of anilines is 1. The highest BCUT2D eigenvalue weighted by atomic mass is 32.2. The highest BCUT2D eigenvalue weighted by Gasteiger charge is 2.21. The monoisotopic (exact) mass is 536 g/mol. The van der Waals surface area contributed by atoms with Crippen molar-refractivity contribution in [3.8, 4) is 0 Å². The standard InChI is InChI=1S/C29H33FN4O3S/c30-23-7-11-25(12-8-23)38-26-13-9-24(10-14-26)32-29(36)33-27(21-22-5-2-1-3-6-22)28(35)31-15-4-16-34-17-19-37-20-18-34/h1-3,5-14,27H,4,15-21H2,(H,31,35)(H2,32,33,36)/t27-/m1/s1. The molecular weight excluding hydrogens is 503 g/mol. The Hall–Kier alpha value is -3.40. The first-order valence-corrected chi connectivity index (χ1v) is 13.6. The second kappa shape index (κ2) is 14.5. The van der Waals surface area contributed by atoms with Gasteiger partial charge in [-0.05, 0) is 67.1 Å². The molecular formula is C29H33FN4O3S. The van der Waals surface area contributed by atoms with Gasteiger partial charge in [-0.3, -0.25) is 9.69 Å². The molecule has 1 saturated heterocycles. The Morgan fingerprint density at radius 3 is 2.26 bits per heavy atom. The minimum absolute atomic E-state index is 0.211. The minimum atomic E-state index is -0.714. The van der Waals surface area contributed by atoms with Crippen molar-refractivity contribution in [1.82, 2.24) is 15.5 Å². The van der Waals surface area contributed by atoms with Crippen LogP contribution in [0.5, 0.6) is 0 Å². The number of ether oxygens (including phenoxy) is 1. The topological polar surface area (TPSA) is 82.7 Å². The number of carbonyl (C=O) groups excluding carboxylic acids is 2. The largest absolute Gasteiger partial charge is 0.379 e. The van der Waals surface area contributed by atoms with Crippen LogP contribution in [-0.4, -0.2) is 62.3 Å². The normalized spacial score (nSPS) is 14.4. The lowest BCUT2D eigenvalue weighted by atomic mass is 10.1. The molecule has 4 rings (SSSR count). The maximum Gasteiger partial charge on any atom is 0.319 e. The Labute approximate surface area is 227 Å². The van der Waals surface area contributed by atoms with E-state index in [4.69, 9.17) is 4.74 Å². The van der Waals surface area contributed by atoms with E-state index in [0.29, 0.717) is 18.7 Å². The summed E-state index contributed by atoms with van der Waals surface area (Å²) < 4.78 is 18.5. The predicted octanol–water partition coefficient (Wildman–Crippen LogP) is 4.55. The Bertz CT molecular complexity index is 1160. The van der Waals surface area contributed by atoms with Crippen LogP contribution in [0, 0.1) is 5.82 Å². The summed E-state index contributed by atoms with van der Waals surface area (Å²) in [5.41, 5.74) is 1.57. The van der Waals surface area contributed by atoms with Gasteiger partial charge in [0.2, 0.25) is 5.91 Å². The van der Waals surface area contributed by atoms with Crippen molar-refractivity contribution in [2.24, 2.45) is 0 Å². The zero-order valence-electron chi connectivity index (χ0n) is 21.2. The zero-order chi connectivity index (χ0) is 26.6. The summed E-state index contributed by atoms with van der Waals surface area (Å²) in [6, 6.07) is 22.1. The number of halogens is 1. The average molecular weight is 537 g/mol. The zero-order valence-corrected chi connectivity index (χ0v) is 22.0. The van der Waals surface area contributed by atoms with E-state index in [-0.39, 0.29) is 11.7 Å². The first kappa shape index (κ1) is 27.6. The molecule has 38 heavy (non-hydrogen) atoms. The predicted molar refractivity (Wildman–Crippen MR) is 148 cm³/mol. The Morgan fingerprint density at radius 1 is 0.921 bits per heavy atom. The lowest BCUT2D eigenvalue weighted by molar-refractivity contribution is -0.122. The van der Waals surface area contributed by atoms with Crippen molar-refractivity contribution >= 4 is 29.4 Å². The fourth-order valence-electron chi connectivity index (χ4n) is 4.09. The van der Waals surface area contributed by atoms with Crippen molar-refractivity contribution in [3.05, 3.63) is 90.2 Å². The van der Waals surface area contributed by atoms with Crippen LogP contribution in [-0.2, 0) is 16.0 Å². The number of rotatable bonds is 11. The summed E-state index contributed by atoms with van der Waals surface area (Å²) in [5, 5.41) is 8.63. The van der Waals surface area contributed by atoms with Gasteiger partial charge in [0, 0.05) is 41.5 Å². The highest BCUT2D eigenvalue weighted by molar-refractivity contribution is 7.99. The fourth-order valence-corrected chi connectivity index (χ4v) is 4.91. The molecule has 3 aromatic rings. The first-order valence-electron chi connectivity index (χ1n) is 12.8. The van der Waals surface area contributed by atoms with Gasteiger partial charge in [-0.25, -0.2) is 9.18 Å². The molecule has 7 nitrogen and oxygen atoms in total. The molecule has 1 aliphatic heterocycles. The van der Waals surface area contributed by atoms with Gasteiger partial charge in [-0.15, -0.1) is 0 Å². The summed E-state index contributed by atoms with van der Waals surface area (Å²) in [4.78, 5) is 30.0. The van der Waals surface area contributed by atoms with Crippen LogP contribution in [0.1, 0.15) is 12.0 Å². The van der Waals surface area contributed by atoms with Crippen LogP contribution in [0.15, 0.2) is 88.7 Å².